The fraction of sp³-hybridized carbons (Fsp3) is 0.0769. The van der Waals surface area contributed by atoms with Gasteiger partial charge in [-0.25, -0.2) is 4.79 Å². The highest BCUT2D eigenvalue weighted by molar-refractivity contribution is 8.26. The second kappa shape index (κ2) is 11.2. The fourth-order valence-corrected chi connectivity index (χ4v) is 4.53. The van der Waals surface area contributed by atoms with E-state index in [1.54, 1.807) is 42.5 Å². The SMILES string of the molecule is COc1cc(C=C2SC(=S)N(NC(=O)c3ccc(C)cc3)C2=O)ccc1OC(=O)c1cccc([N+](=O)[O-])c1. The summed E-state index contributed by atoms with van der Waals surface area (Å²) in [6.45, 7) is 1.90. The fourth-order valence-electron chi connectivity index (χ4n) is 3.35. The molecule has 2 amide bonds. The second-order valence-electron chi connectivity index (χ2n) is 7.93. The van der Waals surface area contributed by atoms with Crippen molar-refractivity contribution in [2.24, 2.45) is 0 Å². The zero-order valence-corrected chi connectivity index (χ0v) is 21.6. The number of hydrazine groups is 1. The Hall–Kier alpha value is -4.55. The van der Waals surface area contributed by atoms with Crippen LogP contribution in [0.2, 0.25) is 0 Å². The number of thiocarbonyl (C=S) groups is 1. The highest BCUT2D eigenvalue weighted by Gasteiger charge is 2.34. The van der Waals surface area contributed by atoms with Gasteiger partial charge in [0.15, 0.2) is 15.8 Å². The first-order valence-corrected chi connectivity index (χ1v) is 12.2. The van der Waals surface area contributed by atoms with Crippen LogP contribution in [0.1, 0.15) is 31.8 Å². The van der Waals surface area contributed by atoms with Gasteiger partial charge >= 0.3 is 5.97 Å². The zero-order valence-electron chi connectivity index (χ0n) is 20.0. The lowest BCUT2D eigenvalue weighted by Gasteiger charge is -2.15. The molecule has 38 heavy (non-hydrogen) atoms. The van der Waals surface area contributed by atoms with Gasteiger partial charge in [0, 0.05) is 17.7 Å². The van der Waals surface area contributed by atoms with E-state index < -0.39 is 22.7 Å². The standard InChI is InChI=1S/C26H19N3O7S2/c1-15-6-9-17(10-7-15)23(30)27-28-24(31)22(38-26(28)37)13-16-8-11-20(21(12-16)35-2)36-25(32)18-4-3-5-19(14-18)29(33)34/h3-14H,1-2H3,(H,27,30). The number of ether oxygens (including phenoxy) is 2. The number of nitrogens with zero attached hydrogens (tertiary/aromatic N) is 2. The van der Waals surface area contributed by atoms with Crippen LogP contribution < -0.4 is 14.9 Å². The molecule has 4 rings (SSSR count). The van der Waals surface area contributed by atoms with E-state index in [2.05, 4.69) is 5.43 Å². The van der Waals surface area contributed by atoms with Crippen molar-refractivity contribution in [3.05, 3.63) is 104 Å². The Morgan fingerprint density at radius 2 is 1.79 bits per heavy atom. The van der Waals surface area contributed by atoms with Gasteiger partial charge in [0.25, 0.3) is 17.5 Å². The quantitative estimate of drug-likeness (QED) is 0.112. The first kappa shape index (κ1) is 26.5. The molecule has 1 aliphatic heterocycles. The Bertz CT molecular complexity index is 1500. The summed E-state index contributed by atoms with van der Waals surface area (Å²) in [5.74, 6) is -1.50. The van der Waals surface area contributed by atoms with E-state index in [4.69, 9.17) is 21.7 Å². The number of nitro groups is 1. The van der Waals surface area contributed by atoms with Crippen LogP contribution in [0.4, 0.5) is 5.69 Å². The molecule has 0 bridgehead atoms. The van der Waals surface area contributed by atoms with Gasteiger partial charge in [-0.15, -0.1) is 0 Å². The summed E-state index contributed by atoms with van der Waals surface area (Å²) in [4.78, 5) is 48.6. The van der Waals surface area contributed by atoms with Gasteiger partial charge in [0.2, 0.25) is 0 Å². The van der Waals surface area contributed by atoms with Gasteiger partial charge in [-0.2, -0.15) is 5.01 Å². The number of methoxy groups -OCH3 is 1. The third-order valence-corrected chi connectivity index (χ3v) is 6.60. The van der Waals surface area contributed by atoms with Crippen molar-refractivity contribution in [1.29, 1.82) is 0 Å². The molecule has 12 heteroatoms. The van der Waals surface area contributed by atoms with Crippen molar-refractivity contribution < 1.29 is 28.8 Å². The van der Waals surface area contributed by atoms with E-state index >= 15 is 0 Å². The molecule has 0 unspecified atom stereocenters. The number of hydrogen-bond acceptors (Lipinski definition) is 9. The number of non-ortho nitro benzene ring substituents is 1. The molecule has 1 N–H and O–H groups in total. The van der Waals surface area contributed by atoms with E-state index in [0.29, 0.717) is 11.1 Å². The molecule has 3 aromatic carbocycles. The van der Waals surface area contributed by atoms with Crippen LogP contribution in [0.15, 0.2) is 71.6 Å². The Morgan fingerprint density at radius 3 is 2.47 bits per heavy atom. The van der Waals surface area contributed by atoms with Crippen LogP contribution in [0.3, 0.4) is 0 Å². The summed E-state index contributed by atoms with van der Waals surface area (Å²) in [6, 6.07) is 16.7. The largest absolute Gasteiger partial charge is 0.493 e. The van der Waals surface area contributed by atoms with Crippen molar-refractivity contribution in [3.8, 4) is 11.5 Å². The number of amides is 2. The number of thioether (sulfide) groups is 1. The third kappa shape index (κ3) is 5.88. The number of aryl methyl sites for hydroxylation is 1. The number of carbonyl (C=O) groups excluding carboxylic acids is 3. The third-order valence-electron chi connectivity index (χ3n) is 5.30. The van der Waals surface area contributed by atoms with Crippen molar-refractivity contribution in [1.82, 2.24) is 10.4 Å². The maximum atomic E-state index is 12.9. The van der Waals surface area contributed by atoms with Gasteiger partial charge in [-0.05, 0) is 61.1 Å². The average molecular weight is 550 g/mol. The number of nitrogens with one attached hydrogen (secondary N) is 1. The summed E-state index contributed by atoms with van der Waals surface area (Å²) in [7, 11) is 1.38. The van der Waals surface area contributed by atoms with Gasteiger partial charge in [0.1, 0.15) is 0 Å². The molecule has 1 heterocycles. The van der Waals surface area contributed by atoms with E-state index in [-0.39, 0.29) is 32.0 Å². The summed E-state index contributed by atoms with van der Waals surface area (Å²) in [6.07, 6.45) is 1.56. The van der Waals surface area contributed by atoms with E-state index in [9.17, 15) is 24.5 Å². The molecule has 1 aliphatic rings. The van der Waals surface area contributed by atoms with E-state index in [1.807, 2.05) is 6.92 Å². The summed E-state index contributed by atoms with van der Waals surface area (Å²) >= 11 is 6.30. The molecule has 0 atom stereocenters. The topological polar surface area (TPSA) is 128 Å². The Morgan fingerprint density at radius 1 is 1.05 bits per heavy atom. The lowest BCUT2D eigenvalue weighted by atomic mass is 10.1. The Balaban J connectivity index is 1.49. The molecule has 0 aromatic heterocycles. The molecule has 0 saturated carbocycles. The summed E-state index contributed by atoms with van der Waals surface area (Å²) in [5.41, 5.74) is 4.21. The minimum atomic E-state index is -0.801. The molecule has 192 valence electrons. The van der Waals surface area contributed by atoms with E-state index in [0.717, 1.165) is 28.4 Å². The molecule has 10 nitrogen and oxygen atoms in total. The number of esters is 1. The van der Waals surface area contributed by atoms with Crippen LogP contribution in [0.5, 0.6) is 11.5 Å². The first-order valence-electron chi connectivity index (χ1n) is 11.0. The second-order valence-corrected chi connectivity index (χ2v) is 9.61. The minimum Gasteiger partial charge on any atom is -0.493 e. The highest BCUT2D eigenvalue weighted by atomic mass is 32.2. The average Bonchev–Trinajstić information content (AvgIpc) is 3.16. The van der Waals surface area contributed by atoms with Gasteiger partial charge in [0.05, 0.1) is 22.5 Å². The molecule has 0 radical (unpaired) electrons. The number of nitro benzene ring substituents is 1. The lowest BCUT2D eigenvalue weighted by Crippen LogP contribution is -2.44. The predicted molar refractivity (Wildman–Crippen MR) is 145 cm³/mol. The van der Waals surface area contributed by atoms with Crippen LogP contribution in [-0.2, 0) is 4.79 Å². The lowest BCUT2D eigenvalue weighted by molar-refractivity contribution is -0.384. The molecular weight excluding hydrogens is 530 g/mol. The Labute approximate surface area is 226 Å². The van der Waals surface area contributed by atoms with Gasteiger partial charge in [-0.1, -0.05) is 41.6 Å². The van der Waals surface area contributed by atoms with E-state index in [1.165, 1.54) is 31.4 Å². The molecule has 1 fully saturated rings. The summed E-state index contributed by atoms with van der Waals surface area (Å²) in [5, 5.41) is 12.0. The van der Waals surface area contributed by atoms with Crippen LogP contribution in [0, 0.1) is 17.0 Å². The van der Waals surface area contributed by atoms with Crippen LogP contribution in [0.25, 0.3) is 6.08 Å². The maximum absolute atomic E-state index is 12.9. The maximum Gasteiger partial charge on any atom is 0.343 e. The first-order chi connectivity index (χ1) is 18.2. The minimum absolute atomic E-state index is 0.00156. The highest BCUT2D eigenvalue weighted by Crippen LogP contribution is 2.34. The zero-order chi connectivity index (χ0) is 27.4. The Kier molecular flexibility index (Phi) is 7.84. The van der Waals surface area contributed by atoms with Crippen LogP contribution >= 0.6 is 24.0 Å². The van der Waals surface area contributed by atoms with Crippen molar-refractivity contribution in [2.45, 2.75) is 6.92 Å². The number of hydrogen-bond donors (Lipinski definition) is 1. The number of carbonyl (C=O) groups is 3. The van der Waals surface area contributed by atoms with Gasteiger partial charge in [-0.3, -0.25) is 25.1 Å². The molecule has 1 saturated heterocycles. The summed E-state index contributed by atoms with van der Waals surface area (Å²) < 4.78 is 10.9. The molecule has 0 aliphatic carbocycles. The molecule has 0 spiro atoms. The molecule has 3 aromatic rings. The van der Waals surface area contributed by atoms with Crippen molar-refractivity contribution in [2.75, 3.05) is 7.11 Å². The normalized spacial score (nSPS) is 13.9. The predicted octanol–water partition coefficient (Wildman–Crippen LogP) is 4.68. The van der Waals surface area contributed by atoms with Crippen molar-refractivity contribution in [3.63, 3.8) is 0 Å². The number of benzene rings is 3. The molecular formula is C26H19N3O7S2. The van der Waals surface area contributed by atoms with Crippen LogP contribution in [-0.4, -0.2) is 39.1 Å². The number of rotatable bonds is 7. The monoisotopic (exact) mass is 549 g/mol. The van der Waals surface area contributed by atoms with Crippen molar-refractivity contribution >= 4 is 57.8 Å². The van der Waals surface area contributed by atoms with Gasteiger partial charge < -0.3 is 9.47 Å². The smallest absolute Gasteiger partial charge is 0.343 e.